The fraction of sp³-hybridized carbons (Fsp3) is 0.533. The molecule has 6 heteroatoms. The largest absolute Gasteiger partial charge is 0.361 e. The number of hydrogen-bond donors (Lipinski definition) is 1. The Bertz CT molecular complexity index is 639. The second kappa shape index (κ2) is 5.35. The fourth-order valence-electron chi connectivity index (χ4n) is 3.01. The molecule has 1 unspecified atom stereocenters. The van der Waals surface area contributed by atoms with Crippen LogP contribution >= 0.6 is 0 Å². The molecule has 1 aliphatic rings. The van der Waals surface area contributed by atoms with Gasteiger partial charge < -0.3 is 9.42 Å². The van der Waals surface area contributed by atoms with Crippen LogP contribution in [0.15, 0.2) is 10.7 Å². The Hall–Kier alpha value is -2.11. The maximum atomic E-state index is 12.4. The van der Waals surface area contributed by atoms with Crippen molar-refractivity contribution in [3.8, 4) is 0 Å². The van der Waals surface area contributed by atoms with Crippen LogP contribution in [-0.2, 0) is 11.2 Å². The number of rotatable bonds is 3. The third-order valence-electron chi connectivity index (χ3n) is 4.33. The average molecular weight is 288 g/mol. The van der Waals surface area contributed by atoms with Crippen molar-refractivity contribution in [1.82, 2.24) is 20.3 Å². The number of carbonyl (C=O) groups excluding carboxylic acids is 1. The van der Waals surface area contributed by atoms with Gasteiger partial charge in [0.2, 0.25) is 5.91 Å². The third kappa shape index (κ3) is 2.57. The van der Waals surface area contributed by atoms with Crippen molar-refractivity contribution in [2.75, 3.05) is 13.1 Å². The van der Waals surface area contributed by atoms with Gasteiger partial charge >= 0.3 is 0 Å². The zero-order chi connectivity index (χ0) is 15.0. The summed E-state index contributed by atoms with van der Waals surface area (Å²) >= 11 is 0. The van der Waals surface area contributed by atoms with Crippen LogP contribution < -0.4 is 0 Å². The average Bonchev–Trinajstić information content (AvgIpc) is 3.15. The highest BCUT2D eigenvalue weighted by Gasteiger charge is 2.29. The van der Waals surface area contributed by atoms with E-state index < -0.39 is 0 Å². The summed E-state index contributed by atoms with van der Waals surface area (Å²) < 4.78 is 5.12. The van der Waals surface area contributed by atoms with Gasteiger partial charge in [-0.2, -0.15) is 5.10 Å². The van der Waals surface area contributed by atoms with E-state index in [9.17, 15) is 4.79 Å². The zero-order valence-corrected chi connectivity index (χ0v) is 12.6. The molecule has 0 bridgehead atoms. The van der Waals surface area contributed by atoms with E-state index in [1.165, 1.54) is 5.56 Å². The topological polar surface area (TPSA) is 75.0 Å². The van der Waals surface area contributed by atoms with Gasteiger partial charge in [0.05, 0.1) is 18.3 Å². The van der Waals surface area contributed by atoms with Crippen LogP contribution in [0.3, 0.4) is 0 Å². The molecular formula is C15H20N4O2. The second-order valence-electron chi connectivity index (χ2n) is 5.77. The summed E-state index contributed by atoms with van der Waals surface area (Å²) in [6.45, 7) is 7.33. The van der Waals surface area contributed by atoms with E-state index in [0.29, 0.717) is 12.3 Å². The molecule has 1 aliphatic heterocycles. The summed E-state index contributed by atoms with van der Waals surface area (Å²) in [5, 5.41) is 11.0. The molecule has 3 rings (SSSR count). The monoisotopic (exact) mass is 288 g/mol. The SMILES string of the molecule is Cc1cn[nH]c1C1CCN(C(=O)Cc2c(C)noc2C)C1. The second-order valence-corrected chi connectivity index (χ2v) is 5.77. The van der Waals surface area contributed by atoms with Crippen molar-refractivity contribution in [2.24, 2.45) is 0 Å². The highest BCUT2D eigenvalue weighted by atomic mass is 16.5. The Morgan fingerprint density at radius 3 is 2.90 bits per heavy atom. The lowest BCUT2D eigenvalue weighted by Crippen LogP contribution is -2.30. The molecule has 3 heterocycles. The van der Waals surface area contributed by atoms with Gasteiger partial charge in [-0.15, -0.1) is 0 Å². The quantitative estimate of drug-likeness (QED) is 0.935. The van der Waals surface area contributed by atoms with Gasteiger partial charge in [0.15, 0.2) is 0 Å². The first kappa shape index (κ1) is 13.9. The van der Waals surface area contributed by atoms with E-state index in [-0.39, 0.29) is 5.91 Å². The maximum Gasteiger partial charge on any atom is 0.227 e. The van der Waals surface area contributed by atoms with Crippen LogP contribution in [0, 0.1) is 20.8 Å². The number of carbonyl (C=O) groups is 1. The van der Waals surface area contributed by atoms with Gasteiger partial charge in [-0.3, -0.25) is 9.89 Å². The molecule has 2 aromatic heterocycles. The normalized spacial score (nSPS) is 18.4. The number of hydrogen-bond acceptors (Lipinski definition) is 4. The van der Waals surface area contributed by atoms with Crippen molar-refractivity contribution in [2.45, 2.75) is 39.5 Å². The smallest absolute Gasteiger partial charge is 0.227 e. The lowest BCUT2D eigenvalue weighted by molar-refractivity contribution is -0.129. The van der Waals surface area contributed by atoms with Crippen molar-refractivity contribution >= 4 is 5.91 Å². The summed E-state index contributed by atoms with van der Waals surface area (Å²) in [5.74, 6) is 1.24. The van der Waals surface area contributed by atoms with Crippen molar-refractivity contribution < 1.29 is 9.32 Å². The van der Waals surface area contributed by atoms with Crippen LogP contribution in [0.1, 0.15) is 40.6 Å². The fourth-order valence-corrected chi connectivity index (χ4v) is 3.01. The zero-order valence-electron chi connectivity index (χ0n) is 12.6. The summed E-state index contributed by atoms with van der Waals surface area (Å²) in [7, 11) is 0. The number of nitrogens with one attached hydrogen (secondary N) is 1. The molecule has 1 fully saturated rings. The number of H-pyrrole nitrogens is 1. The first-order valence-corrected chi connectivity index (χ1v) is 7.25. The molecule has 2 aromatic rings. The highest BCUT2D eigenvalue weighted by molar-refractivity contribution is 5.79. The minimum Gasteiger partial charge on any atom is -0.361 e. The predicted molar refractivity (Wildman–Crippen MR) is 76.9 cm³/mol. The molecule has 1 amide bonds. The maximum absolute atomic E-state index is 12.4. The van der Waals surface area contributed by atoms with Crippen molar-refractivity contribution in [3.05, 3.63) is 34.5 Å². The molecule has 1 saturated heterocycles. The van der Waals surface area contributed by atoms with Gasteiger partial charge in [-0.1, -0.05) is 5.16 Å². The molecule has 0 spiro atoms. The standard InChI is InChI=1S/C15H20N4O2/c1-9-7-16-17-15(9)12-4-5-19(8-12)14(20)6-13-10(2)18-21-11(13)3/h7,12H,4-6,8H2,1-3H3,(H,16,17). The van der Waals surface area contributed by atoms with Gasteiger partial charge in [0.1, 0.15) is 5.76 Å². The van der Waals surface area contributed by atoms with Crippen LogP contribution in [0.2, 0.25) is 0 Å². The van der Waals surface area contributed by atoms with E-state index in [1.807, 2.05) is 31.9 Å². The third-order valence-corrected chi connectivity index (χ3v) is 4.33. The minimum absolute atomic E-state index is 0.143. The van der Waals surface area contributed by atoms with Crippen LogP contribution in [0.5, 0.6) is 0 Å². The molecule has 1 N–H and O–H groups in total. The van der Waals surface area contributed by atoms with Crippen molar-refractivity contribution in [3.63, 3.8) is 0 Å². The Balaban J connectivity index is 1.66. The summed E-state index contributed by atoms with van der Waals surface area (Å²) in [5.41, 5.74) is 4.05. The minimum atomic E-state index is 0.143. The Kier molecular flexibility index (Phi) is 3.53. The molecule has 21 heavy (non-hydrogen) atoms. The molecule has 0 aliphatic carbocycles. The van der Waals surface area contributed by atoms with Crippen molar-refractivity contribution in [1.29, 1.82) is 0 Å². The Labute approximate surface area is 123 Å². The summed E-state index contributed by atoms with van der Waals surface area (Å²) in [4.78, 5) is 14.4. The molecule has 0 radical (unpaired) electrons. The lowest BCUT2D eigenvalue weighted by atomic mass is 10.0. The van der Waals surface area contributed by atoms with E-state index >= 15 is 0 Å². The van der Waals surface area contributed by atoms with Crippen LogP contribution in [-0.4, -0.2) is 39.3 Å². The number of aromatic amines is 1. The number of aryl methyl sites for hydroxylation is 3. The van der Waals surface area contributed by atoms with Gasteiger partial charge in [-0.05, 0) is 32.8 Å². The molecule has 112 valence electrons. The molecule has 0 aromatic carbocycles. The number of likely N-dealkylation sites (tertiary alicyclic amines) is 1. The molecule has 6 nitrogen and oxygen atoms in total. The van der Waals surface area contributed by atoms with Gasteiger partial charge in [-0.25, -0.2) is 0 Å². The van der Waals surface area contributed by atoms with Crippen LogP contribution in [0.4, 0.5) is 0 Å². The van der Waals surface area contributed by atoms with E-state index in [2.05, 4.69) is 15.4 Å². The summed E-state index contributed by atoms with van der Waals surface area (Å²) in [6, 6.07) is 0. The molecular weight excluding hydrogens is 268 g/mol. The van der Waals surface area contributed by atoms with Crippen LogP contribution in [0.25, 0.3) is 0 Å². The van der Waals surface area contributed by atoms with E-state index in [4.69, 9.17) is 4.52 Å². The lowest BCUT2D eigenvalue weighted by Gasteiger charge is -2.16. The highest BCUT2D eigenvalue weighted by Crippen LogP contribution is 2.28. The molecule has 1 atom stereocenters. The van der Waals surface area contributed by atoms with E-state index in [0.717, 1.165) is 42.2 Å². The first-order valence-electron chi connectivity index (χ1n) is 7.25. The Morgan fingerprint density at radius 1 is 1.48 bits per heavy atom. The van der Waals surface area contributed by atoms with Gasteiger partial charge in [0.25, 0.3) is 0 Å². The van der Waals surface area contributed by atoms with E-state index in [1.54, 1.807) is 0 Å². The van der Waals surface area contributed by atoms with Gasteiger partial charge in [0, 0.05) is 30.3 Å². The predicted octanol–water partition coefficient (Wildman–Crippen LogP) is 1.88. The number of nitrogens with zero attached hydrogens (tertiary/aromatic N) is 3. The molecule has 0 saturated carbocycles. The number of aromatic nitrogens is 3. The summed E-state index contributed by atoms with van der Waals surface area (Å²) in [6.07, 6.45) is 3.19. The Morgan fingerprint density at radius 2 is 2.29 bits per heavy atom. The first-order chi connectivity index (χ1) is 10.1. The number of amides is 1.